The van der Waals surface area contributed by atoms with Crippen molar-refractivity contribution in [1.29, 1.82) is 0 Å². The Morgan fingerprint density at radius 1 is 1.19 bits per heavy atom. The highest BCUT2D eigenvalue weighted by molar-refractivity contribution is 6.31. The normalized spacial score (nSPS) is 20.9. The molecule has 0 bridgehead atoms. The molecule has 2 aliphatic rings. The van der Waals surface area contributed by atoms with Gasteiger partial charge in [0.2, 0.25) is 0 Å². The summed E-state index contributed by atoms with van der Waals surface area (Å²) in [5.41, 5.74) is 2.29. The summed E-state index contributed by atoms with van der Waals surface area (Å²) in [5, 5.41) is 11.2. The molecule has 0 spiro atoms. The number of fused-ring (bicyclic) bond motifs is 1. The molecule has 0 saturated carbocycles. The molecule has 2 unspecified atom stereocenters. The van der Waals surface area contributed by atoms with Gasteiger partial charge in [0, 0.05) is 36.1 Å². The summed E-state index contributed by atoms with van der Waals surface area (Å²) in [5.74, 6) is 0.904. The highest BCUT2D eigenvalue weighted by Gasteiger charge is 2.22. The number of aromatic nitrogens is 2. The van der Waals surface area contributed by atoms with Gasteiger partial charge in [0.1, 0.15) is 29.8 Å². The average molecular weight is 458 g/mol. The fourth-order valence-electron chi connectivity index (χ4n) is 4.08. The number of nitrogens with one attached hydrogen (secondary N) is 3. The molecule has 2 saturated heterocycles. The van der Waals surface area contributed by atoms with Crippen molar-refractivity contribution in [3.8, 4) is 5.75 Å². The molecule has 168 valence electrons. The molecular weight excluding hydrogens is 433 g/mol. The number of rotatable bonds is 6. The van der Waals surface area contributed by atoms with Crippen molar-refractivity contribution >= 4 is 39.7 Å². The van der Waals surface area contributed by atoms with Gasteiger partial charge in [-0.2, -0.15) is 0 Å². The SMILES string of the molecule is Fc1ccc(Nc2ncnc3cc(OC4CCOC4)c(NC4CCCNC4)cc23)cc1Cl. The van der Waals surface area contributed by atoms with E-state index in [1.54, 1.807) is 6.07 Å². The summed E-state index contributed by atoms with van der Waals surface area (Å²) in [4.78, 5) is 8.86. The minimum atomic E-state index is -0.463. The van der Waals surface area contributed by atoms with Crippen molar-refractivity contribution in [3.05, 3.63) is 47.5 Å². The molecule has 32 heavy (non-hydrogen) atoms. The van der Waals surface area contributed by atoms with Gasteiger partial charge in [0.25, 0.3) is 0 Å². The van der Waals surface area contributed by atoms with E-state index < -0.39 is 5.82 Å². The Morgan fingerprint density at radius 3 is 2.91 bits per heavy atom. The lowest BCUT2D eigenvalue weighted by Gasteiger charge is -2.27. The Hall–Kier alpha value is -2.68. The molecule has 3 N–H and O–H groups in total. The summed E-state index contributed by atoms with van der Waals surface area (Å²) in [7, 11) is 0. The Labute approximate surface area is 190 Å². The van der Waals surface area contributed by atoms with Crippen molar-refractivity contribution in [2.75, 3.05) is 36.9 Å². The predicted molar refractivity (Wildman–Crippen MR) is 124 cm³/mol. The largest absolute Gasteiger partial charge is 0.486 e. The second-order valence-corrected chi connectivity index (χ2v) is 8.54. The molecular formula is C23H25ClFN5O2. The van der Waals surface area contributed by atoms with Crippen LogP contribution in [-0.2, 0) is 4.74 Å². The van der Waals surface area contributed by atoms with Crippen LogP contribution in [0.15, 0.2) is 36.7 Å². The molecule has 1 aromatic heterocycles. The fourth-order valence-corrected chi connectivity index (χ4v) is 4.27. The van der Waals surface area contributed by atoms with Gasteiger partial charge < -0.3 is 25.4 Å². The lowest BCUT2D eigenvalue weighted by Crippen LogP contribution is -2.38. The zero-order valence-corrected chi connectivity index (χ0v) is 18.3. The summed E-state index contributed by atoms with van der Waals surface area (Å²) in [6, 6.07) is 8.75. The molecule has 2 fully saturated rings. The van der Waals surface area contributed by atoms with E-state index >= 15 is 0 Å². The third-order valence-corrected chi connectivity index (χ3v) is 6.05. The number of ether oxygens (including phenoxy) is 2. The lowest BCUT2D eigenvalue weighted by molar-refractivity contribution is 0.142. The molecule has 0 aliphatic carbocycles. The topological polar surface area (TPSA) is 80.3 Å². The first kappa shape index (κ1) is 21.2. The molecule has 0 amide bonds. The Kier molecular flexibility index (Phi) is 6.25. The molecule has 5 rings (SSSR count). The standard InChI is InChI=1S/C23H25ClFN5O2/c24-18-8-14(3-4-19(18)25)30-23-17-9-21(29-15-2-1-6-26-11-15)22(10-20(17)27-13-28-23)32-16-5-7-31-12-16/h3-4,8-10,13,15-16,26,29H,1-2,5-7,11-12H2,(H,27,28,30). The summed E-state index contributed by atoms with van der Waals surface area (Å²) < 4.78 is 25.3. The molecule has 3 heterocycles. The van der Waals surface area contributed by atoms with Crippen LogP contribution in [0.2, 0.25) is 5.02 Å². The van der Waals surface area contributed by atoms with E-state index in [0.29, 0.717) is 30.8 Å². The van der Waals surface area contributed by atoms with Crippen molar-refractivity contribution < 1.29 is 13.9 Å². The van der Waals surface area contributed by atoms with Crippen LogP contribution in [0.25, 0.3) is 10.9 Å². The molecule has 2 atom stereocenters. The minimum Gasteiger partial charge on any atom is -0.486 e. The van der Waals surface area contributed by atoms with Gasteiger partial charge in [0.15, 0.2) is 0 Å². The van der Waals surface area contributed by atoms with Gasteiger partial charge in [-0.15, -0.1) is 0 Å². The second-order valence-electron chi connectivity index (χ2n) is 8.13. The zero-order valence-electron chi connectivity index (χ0n) is 17.5. The van der Waals surface area contributed by atoms with Crippen LogP contribution >= 0.6 is 11.6 Å². The van der Waals surface area contributed by atoms with Crippen LogP contribution in [0.3, 0.4) is 0 Å². The van der Waals surface area contributed by atoms with Crippen LogP contribution in [-0.4, -0.2) is 48.4 Å². The van der Waals surface area contributed by atoms with Gasteiger partial charge in [0.05, 0.1) is 29.4 Å². The van der Waals surface area contributed by atoms with Gasteiger partial charge in [-0.05, 0) is 43.7 Å². The van der Waals surface area contributed by atoms with Crippen LogP contribution in [0.1, 0.15) is 19.3 Å². The minimum absolute atomic E-state index is 0.0262. The monoisotopic (exact) mass is 457 g/mol. The van der Waals surface area contributed by atoms with E-state index in [2.05, 4.69) is 25.9 Å². The van der Waals surface area contributed by atoms with Crippen LogP contribution < -0.4 is 20.7 Å². The zero-order chi connectivity index (χ0) is 21.9. The van der Waals surface area contributed by atoms with E-state index in [1.807, 2.05) is 12.1 Å². The maximum Gasteiger partial charge on any atom is 0.145 e. The van der Waals surface area contributed by atoms with Crippen molar-refractivity contribution in [1.82, 2.24) is 15.3 Å². The predicted octanol–water partition coefficient (Wildman–Crippen LogP) is 4.50. The number of benzene rings is 2. The Bertz CT molecular complexity index is 1100. The van der Waals surface area contributed by atoms with Gasteiger partial charge in [-0.3, -0.25) is 0 Å². The van der Waals surface area contributed by atoms with Gasteiger partial charge >= 0.3 is 0 Å². The number of nitrogens with zero attached hydrogens (tertiary/aromatic N) is 2. The number of piperidine rings is 1. The molecule has 9 heteroatoms. The molecule has 2 aromatic carbocycles. The summed E-state index contributed by atoms with van der Waals surface area (Å²) in [6.45, 7) is 3.24. The summed E-state index contributed by atoms with van der Waals surface area (Å²) in [6.07, 6.45) is 4.60. The van der Waals surface area contributed by atoms with E-state index in [1.165, 1.54) is 18.5 Å². The van der Waals surface area contributed by atoms with Crippen molar-refractivity contribution in [3.63, 3.8) is 0 Å². The van der Waals surface area contributed by atoms with Crippen LogP contribution in [0, 0.1) is 5.82 Å². The highest BCUT2D eigenvalue weighted by atomic mass is 35.5. The highest BCUT2D eigenvalue weighted by Crippen LogP contribution is 2.35. The van der Waals surface area contributed by atoms with Crippen LogP contribution in [0.5, 0.6) is 5.75 Å². The number of hydrogen-bond acceptors (Lipinski definition) is 7. The number of hydrogen-bond donors (Lipinski definition) is 3. The first-order valence-corrected chi connectivity index (χ1v) is 11.3. The Balaban J connectivity index is 1.50. The van der Waals surface area contributed by atoms with Gasteiger partial charge in [-0.25, -0.2) is 14.4 Å². The molecule has 3 aromatic rings. The number of halogens is 2. The fraction of sp³-hybridized carbons (Fsp3) is 0.391. The summed E-state index contributed by atoms with van der Waals surface area (Å²) >= 11 is 5.94. The lowest BCUT2D eigenvalue weighted by atomic mass is 10.1. The number of anilines is 3. The third kappa shape index (κ3) is 4.72. The smallest absolute Gasteiger partial charge is 0.145 e. The van der Waals surface area contributed by atoms with Crippen LogP contribution in [0.4, 0.5) is 21.6 Å². The van der Waals surface area contributed by atoms with Gasteiger partial charge in [-0.1, -0.05) is 11.6 Å². The first-order chi connectivity index (χ1) is 15.7. The quantitative estimate of drug-likeness (QED) is 0.503. The maximum atomic E-state index is 13.6. The van der Waals surface area contributed by atoms with Crippen molar-refractivity contribution in [2.45, 2.75) is 31.4 Å². The molecule has 2 aliphatic heterocycles. The third-order valence-electron chi connectivity index (χ3n) is 5.76. The second kappa shape index (κ2) is 9.44. The van der Waals surface area contributed by atoms with E-state index in [9.17, 15) is 4.39 Å². The average Bonchev–Trinajstić information content (AvgIpc) is 3.31. The Morgan fingerprint density at radius 2 is 2.12 bits per heavy atom. The first-order valence-electron chi connectivity index (χ1n) is 10.9. The van der Waals surface area contributed by atoms with E-state index in [4.69, 9.17) is 21.1 Å². The van der Waals surface area contributed by atoms with E-state index in [0.717, 1.165) is 54.7 Å². The van der Waals surface area contributed by atoms with Crippen molar-refractivity contribution in [2.24, 2.45) is 0 Å². The maximum absolute atomic E-state index is 13.6. The molecule has 0 radical (unpaired) electrons. The molecule has 7 nitrogen and oxygen atoms in total. The van der Waals surface area contributed by atoms with E-state index in [-0.39, 0.29) is 11.1 Å².